The molecule has 1 N–H and O–H groups in total. The monoisotopic (exact) mass is 362 g/mol. The third-order valence-corrected chi connectivity index (χ3v) is 4.02. The van der Waals surface area contributed by atoms with Crippen LogP contribution in [0.1, 0.15) is 29.6 Å². The molecule has 92 valence electrons. The van der Waals surface area contributed by atoms with Gasteiger partial charge in [-0.1, -0.05) is 0 Å². The van der Waals surface area contributed by atoms with Gasteiger partial charge in [0.2, 0.25) is 0 Å². The first-order valence-corrected chi connectivity index (χ1v) is 6.99. The second-order valence-electron chi connectivity index (χ2n) is 4.09. The molecule has 0 aromatic heterocycles. The van der Waals surface area contributed by atoms with Gasteiger partial charge >= 0.3 is 0 Å². The fraction of sp³-hybridized carbons (Fsp3) is 0.417. The van der Waals surface area contributed by atoms with E-state index in [9.17, 15) is 9.90 Å². The van der Waals surface area contributed by atoms with Crippen LogP contribution in [0, 0.1) is 0 Å². The Labute approximate surface area is 116 Å². The minimum absolute atomic E-state index is 0.162. The fourth-order valence-corrected chi connectivity index (χ4v) is 3.36. The molecule has 0 aliphatic heterocycles. The van der Waals surface area contributed by atoms with E-state index >= 15 is 0 Å². The Morgan fingerprint density at radius 2 is 1.94 bits per heavy atom. The summed E-state index contributed by atoms with van der Waals surface area (Å²) in [4.78, 5) is 10.7. The highest BCUT2D eigenvalue weighted by Gasteiger charge is 2.28. The minimum atomic E-state index is -0.403. The van der Waals surface area contributed by atoms with E-state index in [-0.39, 0.29) is 6.10 Å². The largest absolute Gasteiger partial charge is 0.485 e. The molecule has 2 atom stereocenters. The van der Waals surface area contributed by atoms with Crippen LogP contribution in [0.5, 0.6) is 5.75 Å². The van der Waals surface area contributed by atoms with Crippen molar-refractivity contribution in [1.29, 1.82) is 0 Å². The van der Waals surface area contributed by atoms with Gasteiger partial charge in [0.1, 0.15) is 18.1 Å². The van der Waals surface area contributed by atoms with Crippen LogP contribution in [0.3, 0.4) is 0 Å². The van der Waals surface area contributed by atoms with E-state index in [1.165, 1.54) is 0 Å². The summed E-state index contributed by atoms with van der Waals surface area (Å²) >= 11 is 6.74. The first-order chi connectivity index (χ1) is 8.11. The number of carbonyl (C=O) groups excluding carboxylic acids is 1. The van der Waals surface area contributed by atoms with Crippen LogP contribution in [0.2, 0.25) is 0 Å². The number of carbonyl (C=O) groups is 1. The lowest BCUT2D eigenvalue weighted by atomic mass is 10.2. The van der Waals surface area contributed by atoms with E-state index < -0.39 is 6.10 Å². The third-order valence-electron chi connectivity index (χ3n) is 2.84. The Balaban J connectivity index is 2.23. The van der Waals surface area contributed by atoms with Gasteiger partial charge in [-0.25, -0.2) is 0 Å². The molecule has 2 rings (SSSR count). The number of aldehydes is 1. The predicted molar refractivity (Wildman–Crippen MR) is 71.5 cm³/mol. The molecule has 1 aliphatic carbocycles. The normalized spacial score (nSPS) is 23.7. The minimum Gasteiger partial charge on any atom is -0.485 e. The Kier molecular flexibility index (Phi) is 4.22. The zero-order valence-electron chi connectivity index (χ0n) is 9.03. The van der Waals surface area contributed by atoms with Crippen LogP contribution >= 0.6 is 31.9 Å². The molecule has 1 aromatic carbocycles. The second-order valence-corrected chi connectivity index (χ2v) is 5.79. The van der Waals surface area contributed by atoms with E-state index in [4.69, 9.17) is 4.74 Å². The quantitative estimate of drug-likeness (QED) is 0.838. The molecule has 0 radical (unpaired) electrons. The summed E-state index contributed by atoms with van der Waals surface area (Å²) in [5, 5.41) is 9.72. The number of ether oxygens (including phenoxy) is 1. The van der Waals surface area contributed by atoms with Crippen molar-refractivity contribution in [2.45, 2.75) is 31.5 Å². The van der Waals surface area contributed by atoms with Crippen molar-refractivity contribution in [3.05, 3.63) is 26.6 Å². The molecular weight excluding hydrogens is 352 g/mol. The van der Waals surface area contributed by atoms with E-state index in [1.54, 1.807) is 12.1 Å². The molecule has 17 heavy (non-hydrogen) atoms. The molecular formula is C12H12Br2O3. The highest BCUT2D eigenvalue weighted by Crippen LogP contribution is 2.37. The second kappa shape index (κ2) is 5.50. The molecule has 1 aromatic rings. The van der Waals surface area contributed by atoms with Crippen LogP contribution in [0.25, 0.3) is 0 Å². The molecule has 1 fully saturated rings. The van der Waals surface area contributed by atoms with Crippen LogP contribution < -0.4 is 4.74 Å². The van der Waals surface area contributed by atoms with Crippen molar-refractivity contribution < 1.29 is 14.6 Å². The highest BCUT2D eigenvalue weighted by molar-refractivity contribution is 9.11. The summed E-state index contributed by atoms with van der Waals surface area (Å²) in [6.45, 7) is 0. The summed E-state index contributed by atoms with van der Waals surface area (Å²) < 4.78 is 7.22. The van der Waals surface area contributed by atoms with Crippen molar-refractivity contribution >= 4 is 38.1 Å². The fourth-order valence-electron chi connectivity index (χ4n) is 1.96. The van der Waals surface area contributed by atoms with Gasteiger partial charge in [0.25, 0.3) is 0 Å². The van der Waals surface area contributed by atoms with Gasteiger partial charge in [-0.05, 0) is 63.3 Å². The maximum atomic E-state index is 10.7. The van der Waals surface area contributed by atoms with Crippen molar-refractivity contribution in [3.8, 4) is 5.75 Å². The molecule has 0 amide bonds. The van der Waals surface area contributed by atoms with Crippen molar-refractivity contribution in [2.75, 3.05) is 0 Å². The lowest BCUT2D eigenvalue weighted by Gasteiger charge is -2.19. The summed E-state index contributed by atoms with van der Waals surface area (Å²) in [5.74, 6) is 0.640. The van der Waals surface area contributed by atoms with Crippen LogP contribution in [0.15, 0.2) is 21.1 Å². The Morgan fingerprint density at radius 1 is 1.29 bits per heavy atom. The molecule has 0 bridgehead atoms. The standard InChI is InChI=1S/C12H12Br2O3/c13-8-4-7(6-15)5-9(14)12(8)17-11-3-1-2-10(11)16/h4-6,10-11,16H,1-3H2. The maximum Gasteiger partial charge on any atom is 0.150 e. The average Bonchev–Trinajstić information content (AvgIpc) is 2.69. The molecule has 2 unspecified atom stereocenters. The van der Waals surface area contributed by atoms with Gasteiger partial charge < -0.3 is 9.84 Å². The maximum absolute atomic E-state index is 10.7. The molecule has 1 aliphatic rings. The van der Waals surface area contributed by atoms with Crippen molar-refractivity contribution in [3.63, 3.8) is 0 Å². The van der Waals surface area contributed by atoms with Gasteiger partial charge in [-0.15, -0.1) is 0 Å². The zero-order chi connectivity index (χ0) is 12.4. The number of rotatable bonds is 3. The van der Waals surface area contributed by atoms with Gasteiger partial charge in [-0.2, -0.15) is 0 Å². The number of aliphatic hydroxyl groups is 1. The Morgan fingerprint density at radius 3 is 2.41 bits per heavy atom. The lowest BCUT2D eigenvalue weighted by molar-refractivity contribution is 0.0594. The van der Waals surface area contributed by atoms with E-state index in [0.717, 1.165) is 25.5 Å². The molecule has 5 heteroatoms. The van der Waals surface area contributed by atoms with E-state index in [2.05, 4.69) is 31.9 Å². The van der Waals surface area contributed by atoms with E-state index in [0.29, 0.717) is 20.3 Å². The van der Waals surface area contributed by atoms with Crippen molar-refractivity contribution in [2.24, 2.45) is 0 Å². The highest BCUT2D eigenvalue weighted by atomic mass is 79.9. The van der Waals surface area contributed by atoms with Crippen LogP contribution in [-0.2, 0) is 0 Å². The predicted octanol–water partition coefficient (Wildman–Crippen LogP) is 3.32. The molecule has 0 spiro atoms. The first-order valence-electron chi connectivity index (χ1n) is 5.40. The molecule has 1 saturated carbocycles. The van der Waals surface area contributed by atoms with Gasteiger partial charge in [0, 0.05) is 5.56 Å². The van der Waals surface area contributed by atoms with Crippen LogP contribution in [-0.4, -0.2) is 23.6 Å². The summed E-state index contributed by atoms with van der Waals surface area (Å²) in [7, 11) is 0. The SMILES string of the molecule is O=Cc1cc(Br)c(OC2CCCC2O)c(Br)c1. The van der Waals surface area contributed by atoms with Gasteiger partial charge in [0.05, 0.1) is 15.0 Å². The number of hydrogen-bond acceptors (Lipinski definition) is 3. The Hall–Kier alpha value is -0.390. The van der Waals surface area contributed by atoms with Gasteiger partial charge in [-0.3, -0.25) is 4.79 Å². The van der Waals surface area contributed by atoms with Crippen LogP contribution in [0.4, 0.5) is 0 Å². The third kappa shape index (κ3) is 2.89. The average molecular weight is 364 g/mol. The summed E-state index contributed by atoms with van der Waals surface area (Å²) in [6, 6.07) is 3.41. The van der Waals surface area contributed by atoms with E-state index in [1.807, 2.05) is 0 Å². The van der Waals surface area contributed by atoms with Gasteiger partial charge in [0.15, 0.2) is 0 Å². The molecule has 3 nitrogen and oxygen atoms in total. The van der Waals surface area contributed by atoms with Crippen molar-refractivity contribution in [1.82, 2.24) is 0 Å². The first kappa shape index (κ1) is 13.1. The summed E-state index contributed by atoms with van der Waals surface area (Å²) in [6.07, 6.45) is 2.84. The Bertz CT molecular complexity index is 411. The topological polar surface area (TPSA) is 46.5 Å². The number of aliphatic hydroxyl groups excluding tert-OH is 1. The molecule has 0 saturated heterocycles. The lowest BCUT2D eigenvalue weighted by Crippen LogP contribution is -2.25. The number of halogens is 2. The number of benzene rings is 1. The summed E-state index contributed by atoms with van der Waals surface area (Å²) in [5.41, 5.74) is 0.572. The number of hydrogen-bond donors (Lipinski definition) is 1. The molecule has 0 heterocycles. The smallest absolute Gasteiger partial charge is 0.150 e. The zero-order valence-corrected chi connectivity index (χ0v) is 12.2.